The molecular weight excluding hydrogens is 1040 g/mol. The standard InChI is InChI=1S/2C25H17Cl3O7/c1-11(29)33-22-8-20-16(6-18(22)27)24(15-5-13(10-26)3-4-14(15)25(31)32)17-7-19(28)23(34-12(2)30)9-21(17)35-20;1-11(29)33-21-8-19-15(6-17(21)27)24(23-13(10-26)4-3-5-14(23)25(31)32)16-7-18(28)22(34-12(2)30)9-20(16)35-19/h2*3-9,24H,10H2,1-2H3,(H,31,32). The maximum Gasteiger partial charge on any atom is 0.336 e. The lowest BCUT2D eigenvalue weighted by Crippen LogP contribution is -2.18. The van der Waals surface area contributed by atoms with E-state index in [-0.39, 0.29) is 89.0 Å². The molecule has 0 saturated heterocycles. The van der Waals surface area contributed by atoms with E-state index in [0.717, 1.165) is 0 Å². The highest BCUT2D eigenvalue weighted by Gasteiger charge is 2.37. The topological polar surface area (TPSA) is 198 Å². The molecule has 6 aromatic rings. The van der Waals surface area contributed by atoms with Crippen molar-refractivity contribution in [1.82, 2.24) is 0 Å². The summed E-state index contributed by atoms with van der Waals surface area (Å²) in [6.07, 6.45) is 0. The van der Waals surface area contributed by atoms with Crippen LogP contribution in [0, 0.1) is 0 Å². The lowest BCUT2D eigenvalue weighted by Gasteiger charge is -2.31. The van der Waals surface area contributed by atoms with Crippen LogP contribution in [0.3, 0.4) is 0 Å². The number of hydrogen-bond acceptors (Lipinski definition) is 12. The van der Waals surface area contributed by atoms with E-state index in [4.69, 9.17) is 98.0 Å². The molecule has 6 aromatic carbocycles. The van der Waals surface area contributed by atoms with Gasteiger partial charge in [-0.3, -0.25) is 19.2 Å². The second-order valence-electron chi connectivity index (χ2n) is 15.4. The van der Waals surface area contributed by atoms with E-state index in [2.05, 4.69) is 0 Å². The van der Waals surface area contributed by atoms with Crippen molar-refractivity contribution >= 4 is 105 Å². The number of fused-ring (bicyclic) bond motifs is 4. The molecule has 20 heteroatoms. The van der Waals surface area contributed by atoms with Crippen LogP contribution in [0.1, 0.15) is 105 Å². The Morgan fingerprint density at radius 2 is 0.843 bits per heavy atom. The smallest absolute Gasteiger partial charge is 0.336 e. The van der Waals surface area contributed by atoms with Gasteiger partial charge >= 0.3 is 35.8 Å². The second-order valence-corrected chi connectivity index (χ2v) is 17.6. The molecule has 0 atom stereocenters. The minimum absolute atomic E-state index is 0.0346. The van der Waals surface area contributed by atoms with E-state index >= 15 is 0 Å². The van der Waals surface area contributed by atoms with E-state index in [0.29, 0.717) is 44.5 Å². The Morgan fingerprint density at radius 3 is 1.17 bits per heavy atom. The number of rotatable bonds is 10. The summed E-state index contributed by atoms with van der Waals surface area (Å²) in [4.78, 5) is 70.5. The first-order valence-corrected chi connectivity index (χ1v) is 23.0. The Morgan fingerprint density at radius 1 is 0.471 bits per heavy atom. The molecule has 0 bridgehead atoms. The van der Waals surface area contributed by atoms with Gasteiger partial charge in [0.2, 0.25) is 0 Å². The first kappa shape index (κ1) is 51.3. The third-order valence-corrected chi connectivity index (χ3v) is 12.4. The van der Waals surface area contributed by atoms with Crippen molar-refractivity contribution in [2.24, 2.45) is 0 Å². The summed E-state index contributed by atoms with van der Waals surface area (Å²) >= 11 is 37.9. The van der Waals surface area contributed by atoms with Crippen LogP contribution in [0.5, 0.6) is 46.0 Å². The number of aromatic carboxylic acids is 2. The highest BCUT2D eigenvalue weighted by atomic mass is 35.5. The molecule has 8 rings (SSSR count). The Labute approximate surface area is 428 Å². The highest BCUT2D eigenvalue weighted by Crippen LogP contribution is 2.55. The van der Waals surface area contributed by atoms with Crippen LogP contribution < -0.4 is 28.4 Å². The molecule has 2 aliphatic heterocycles. The van der Waals surface area contributed by atoms with E-state index in [1.54, 1.807) is 48.5 Å². The van der Waals surface area contributed by atoms with Crippen LogP contribution in [0.25, 0.3) is 0 Å². The average molecular weight is 1070 g/mol. The molecule has 2 heterocycles. The van der Waals surface area contributed by atoms with Crippen LogP contribution in [0.15, 0.2) is 84.9 Å². The molecule has 0 saturated carbocycles. The minimum atomic E-state index is -1.15. The minimum Gasteiger partial charge on any atom is -0.478 e. The van der Waals surface area contributed by atoms with Crippen molar-refractivity contribution in [2.45, 2.75) is 51.3 Å². The van der Waals surface area contributed by atoms with Crippen LogP contribution in [-0.2, 0) is 30.9 Å². The Bertz CT molecular complexity index is 3050. The van der Waals surface area contributed by atoms with Crippen molar-refractivity contribution in [1.29, 1.82) is 0 Å². The Kier molecular flexibility index (Phi) is 15.6. The first-order chi connectivity index (χ1) is 33.2. The Hall–Kier alpha value is -6.52. The van der Waals surface area contributed by atoms with Crippen molar-refractivity contribution in [3.05, 3.63) is 161 Å². The molecule has 0 amide bonds. The fourth-order valence-corrected chi connectivity index (χ4v) is 9.23. The van der Waals surface area contributed by atoms with Crippen molar-refractivity contribution in [2.75, 3.05) is 0 Å². The summed E-state index contributed by atoms with van der Waals surface area (Å²) in [6, 6.07) is 21.6. The van der Waals surface area contributed by atoms with E-state index in [1.165, 1.54) is 64.1 Å². The highest BCUT2D eigenvalue weighted by molar-refractivity contribution is 6.33. The van der Waals surface area contributed by atoms with E-state index in [1.807, 2.05) is 0 Å². The quantitative estimate of drug-likeness (QED) is 0.0745. The summed E-state index contributed by atoms with van der Waals surface area (Å²) in [5.74, 6) is -4.47. The molecule has 0 aromatic heterocycles. The molecule has 2 N–H and O–H groups in total. The van der Waals surface area contributed by atoms with Crippen molar-refractivity contribution in [3.8, 4) is 46.0 Å². The van der Waals surface area contributed by atoms with Gasteiger partial charge in [-0.2, -0.15) is 0 Å². The fraction of sp³-hybridized carbons (Fsp3) is 0.160. The number of carboxylic acids is 2. The van der Waals surface area contributed by atoms with Gasteiger partial charge in [0, 0.05) is 97.8 Å². The molecule has 2 aliphatic rings. The van der Waals surface area contributed by atoms with Gasteiger partial charge in [-0.1, -0.05) is 70.7 Å². The molecule has 0 spiro atoms. The van der Waals surface area contributed by atoms with Gasteiger partial charge in [0.25, 0.3) is 0 Å². The number of carbonyl (C=O) groups excluding carboxylic acids is 4. The zero-order valence-corrected chi connectivity index (χ0v) is 41.2. The van der Waals surface area contributed by atoms with Gasteiger partial charge in [0.1, 0.15) is 23.0 Å². The number of carbonyl (C=O) groups is 6. The summed E-state index contributed by atoms with van der Waals surface area (Å²) in [5, 5.41) is 20.4. The van der Waals surface area contributed by atoms with Crippen molar-refractivity contribution in [3.63, 3.8) is 0 Å². The number of carboxylic acid groups (broad SMARTS) is 2. The normalized spacial score (nSPS) is 12.3. The monoisotopic (exact) mass is 1070 g/mol. The zero-order valence-electron chi connectivity index (χ0n) is 36.7. The maximum atomic E-state index is 12.2. The number of hydrogen-bond donors (Lipinski definition) is 2. The summed E-state index contributed by atoms with van der Waals surface area (Å²) < 4.78 is 32.9. The van der Waals surface area contributed by atoms with Crippen LogP contribution >= 0.6 is 69.6 Å². The average Bonchev–Trinajstić information content (AvgIpc) is 3.28. The maximum absolute atomic E-state index is 12.2. The van der Waals surface area contributed by atoms with Crippen LogP contribution in [-0.4, -0.2) is 46.0 Å². The molecule has 0 fully saturated rings. The third kappa shape index (κ3) is 10.8. The summed E-state index contributed by atoms with van der Waals surface area (Å²) in [6.45, 7) is 4.94. The molecular formula is C50H34Cl6O14. The summed E-state index contributed by atoms with van der Waals surface area (Å²) in [5.41, 5.74) is 4.26. The lowest BCUT2D eigenvalue weighted by atomic mass is 9.78. The van der Waals surface area contributed by atoms with Crippen LogP contribution in [0.2, 0.25) is 20.1 Å². The number of halogens is 6. The first-order valence-electron chi connectivity index (χ1n) is 20.5. The second kappa shape index (κ2) is 21.2. The molecule has 0 unspecified atom stereocenters. The van der Waals surface area contributed by atoms with Gasteiger partial charge < -0.3 is 38.6 Å². The number of ether oxygens (including phenoxy) is 6. The van der Waals surface area contributed by atoms with E-state index in [9.17, 15) is 39.0 Å². The zero-order chi connectivity index (χ0) is 50.9. The SMILES string of the molecule is CC(=O)Oc1cc2c(cc1Cl)C(c1c(CCl)cccc1C(=O)O)c1cc(Cl)c(OC(C)=O)cc1O2.CC(=O)Oc1cc2c(cc1Cl)C(c1cc(CCl)ccc1C(=O)O)c1cc(Cl)c(OC(C)=O)cc1O2. The van der Waals surface area contributed by atoms with Crippen LogP contribution in [0.4, 0.5) is 0 Å². The predicted molar refractivity (Wildman–Crippen MR) is 259 cm³/mol. The van der Waals surface area contributed by atoms with Gasteiger partial charge in [0.05, 0.1) is 31.2 Å². The number of esters is 4. The largest absolute Gasteiger partial charge is 0.478 e. The molecule has 14 nitrogen and oxygen atoms in total. The number of alkyl halides is 2. The lowest BCUT2D eigenvalue weighted by molar-refractivity contribution is -0.132. The predicted octanol–water partition coefficient (Wildman–Crippen LogP) is 13.1. The van der Waals surface area contributed by atoms with Crippen molar-refractivity contribution < 1.29 is 67.4 Å². The molecule has 0 radical (unpaired) electrons. The Balaban J connectivity index is 0.000000206. The molecule has 0 aliphatic carbocycles. The van der Waals surface area contributed by atoms with E-state index < -0.39 is 47.7 Å². The summed E-state index contributed by atoms with van der Waals surface area (Å²) in [7, 11) is 0. The molecule has 70 heavy (non-hydrogen) atoms. The number of benzene rings is 6. The molecule has 360 valence electrons. The van der Waals surface area contributed by atoms with Gasteiger partial charge in [-0.25, -0.2) is 9.59 Å². The fourth-order valence-electron chi connectivity index (χ4n) is 7.99. The van der Waals surface area contributed by atoms with Gasteiger partial charge in [-0.15, -0.1) is 23.2 Å². The van der Waals surface area contributed by atoms with Gasteiger partial charge in [-0.05, 0) is 58.7 Å². The van der Waals surface area contributed by atoms with Gasteiger partial charge in [0.15, 0.2) is 23.0 Å². The third-order valence-electron chi connectivity index (χ3n) is 10.6.